The Bertz CT molecular complexity index is 479. The van der Waals surface area contributed by atoms with Gasteiger partial charge in [0.1, 0.15) is 16.2 Å². The van der Waals surface area contributed by atoms with Crippen LogP contribution in [0.4, 0.5) is 5.82 Å². The molecule has 110 valence electrons. The Morgan fingerprint density at radius 3 is 3.00 bits per heavy atom. The lowest BCUT2D eigenvalue weighted by Gasteiger charge is -2.43. The first-order valence-electron chi connectivity index (χ1n) is 7.71. The summed E-state index contributed by atoms with van der Waals surface area (Å²) in [5.41, 5.74) is 0. The largest absolute Gasteiger partial charge is 0.351 e. The zero-order chi connectivity index (χ0) is 14.1. The molecule has 0 bridgehead atoms. The van der Waals surface area contributed by atoms with Crippen LogP contribution in [0.3, 0.4) is 0 Å². The average Bonchev–Trinajstić information content (AvgIpc) is 2.84. The maximum atomic E-state index is 4.78. The predicted octanol–water partition coefficient (Wildman–Crippen LogP) is 2.86. The highest BCUT2D eigenvalue weighted by Gasteiger charge is 2.35. The van der Waals surface area contributed by atoms with E-state index in [1.165, 1.54) is 19.4 Å². The highest BCUT2D eigenvalue weighted by molar-refractivity contribution is 9.10. The van der Waals surface area contributed by atoms with Crippen molar-refractivity contribution in [1.82, 2.24) is 14.9 Å². The molecule has 2 unspecified atom stereocenters. The van der Waals surface area contributed by atoms with E-state index in [9.17, 15) is 0 Å². The molecule has 1 aromatic rings. The van der Waals surface area contributed by atoms with Gasteiger partial charge in [-0.05, 0) is 48.7 Å². The van der Waals surface area contributed by atoms with Crippen molar-refractivity contribution in [1.29, 1.82) is 0 Å². The van der Waals surface area contributed by atoms with Crippen molar-refractivity contribution in [3.63, 3.8) is 0 Å². The summed E-state index contributed by atoms with van der Waals surface area (Å²) < 4.78 is 0.909. The van der Waals surface area contributed by atoms with Crippen LogP contribution >= 0.6 is 15.9 Å². The predicted molar refractivity (Wildman–Crippen MR) is 85.1 cm³/mol. The van der Waals surface area contributed by atoms with Crippen LogP contribution in [-0.2, 0) is 6.42 Å². The second-order valence-corrected chi connectivity index (χ2v) is 6.82. The van der Waals surface area contributed by atoms with E-state index in [4.69, 9.17) is 4.98 Å². The Morgan fingerprint density at radius 1 is 1.35 bits per heavy atom. The van der Waals surface area contributed by atoms with Gasteiger partial charge in [0, 0.05) is 37.7 Å². The second kappa shape index (κ2) is 5.98. The maximum Gasteiger partial charge on any atom is 0.133 e. The van der Waals surface area contributed by atoms with Crippen molar-refractivity contribution < 1.29 is 0 Å². The Kier molecular flexibility index (Phi) is 4.26. The highest BCUT2D eigenvalue weighted by atomic mass is 79.9. The molecule has 0 aromatic carbocycles. The number of piperazine rings is 1. The Morgan fingerprint density at radius 2 is 2.20 bits per heavy atom. The summed E-state index contributed by atoms with van der Waals surface area (Å²) in [5, 5.41) is 0. The van der Waals surface area contributed by atoms with Crippen molar-refractivity contribution in [3.8, 4) is 0 Å². The van der Waals surface area contributed by atoms with Gasteiger partial charge in [-0.3, -0.25) is 4.90 Å². The summed E-state index contributed by atoms with van der Waals surface area (Å²) in [4.78, 5) is 14.4. The number of hydrogen-bond acceptors (Lipinski definition) is 4. The average molecular weight is 339 g/mol. The fourth-order valence-corrected chi connectivity index (χ4v) is 3.85. The van der Waals surface area contributed by atoms with Crippen LogP contribution < -0.4 is 4.90 Å². The minimum Gasteiger partial charge on any atom is -0.351 e. The van der Waals surface area contributed by atoms with Gasteiger partial charge in [0.05, 0.1) is 0 Å². The molecule has 2 fully saturated rings. The van der Waals surface area contributed by atoms with Crippen LogP contribution in [0.25, 0.3) is 0 Å². The Labute approximate surface area is 129 Å². The zero-order valence-corrected chi connectivity index (χ0v) is 13.9. The molecule has 5 heteroatoms. The van der Waals surface area contributed by atoms with E-state index >= 15 is 0 Å². The molecule has 3 rings (SSSR count). The normalized spacial score (nSPS) is 26.9. The number of halogens is 1. The van der Waals surface area contributed by atoms with Gasteiger partial charge in [-0.1, -0.05) is 6.92 Å². The van der Waals surface area contributed by atoms with Crippen LogP contribution in [0.15, 0.2) is 10.7 Å². The minimum atomic E-state index is 0.528. The van der Waals surface area contributed by atoms with E-state index in [0.717, 1.165) is 48.2 Å². The number of aromatic nitrogens is 2. The summed E-state index contributed by atoms with van der Waals surface area (Å²) in [6.45, 7) is 8.02. The molecule has 0 spiro atoms. The van der Waals surface area contributed by atoms with Crippen molar-refractivity contribution in [2.75, 3.05) is 24.5 Å². The molecule has 1 aromatic heterocycles. The fraction of sp³-hybridized carbons (Fsp3) is 0.733. The molecule has 0 amide bonds. The molecule has 20 heavy (non-hydrogen) atoms. The molecule has 3 heterocycles. The number of nitrogens with zero attached hydrogens (tertiary/aromatic N) is 4. The number of aryl methyl sites for hydroxylation is 1. The van der Waals surface area contributed by atoms with Crippen molar-refractivity contribution in [3.05, 3.63) is 16.5 Å². The molecule has 4 nitrogen and oxygen atoms in total. The van der Waals surface area contributed by atoms with Gasteiger partial charge in [0.25, 0.3) is 0 Å². The van der Waals surface area contributed by atoms with Crippen LogP contribution in [0.1, 0.15) is 38.9 Å². The third kappa shape index (κ3) is 2.84. The quantitative estimate of drug-likeness (QED) is 0.793. The first kappa shape index (κ1) is 14.3. The third-order valence-corrected chi connectivity index (χ3v) is 4.84. The third-order valence-electron chi connectivity index (χ3n) is 4.43. The second-order valence-electron chi connectivity index (χ2n) is 6.01. The molecule has 2 saturated heterocycles. The number of fused-ring (bicyclic) bond motifs is 1. The van der Waals surface area contributed by atoms with Gasteiger partial charge in [-0.2, -0.15) is 0 Å². The number of hydrogen-bond donors (Lipinski definition) is 0. The first-order valence-corrected chi connectivity index (χ1v) is 8.51. The summed E-state index contributed by atoms with van der Waals surface area (Å²) >= 11 is 3.54. The van der Waals surface area contributed by atoms with Crippen molar-refractivity contribution in [2.45, 2.75) is 51.6 Å². The minimum absolute atomic E-state index is 0.528. The van der Waals surface area contributed by atoms with E-state index in [-0.39, 0.29) is 0 Å². The summed E-state index contributed by atoms with van der Waals surface area (Å²) in [5.74, 6) is 2.05. The van der Waals surface area contributed by atoms with Crippen LogP contribution in [0.2, 0.25) is 0 Å². The topological polar surface area (TPSA) is 32.3 Å². The molecule has 0 radical (unpaired) electrons. The van der Waals surface area contributed by atoms with Gasteiger partial charge < -0.3 is 4.90 Å². The molecule has 0 N–H and O–H groups in total. The molecule has 2 atom stereocenters. The smallest absolute Gasteiger partial charge is 0.133 e. The van der Waals surface area contributed by atoms with E-state index in [0.29, 0.717) is 6.04 Å². The molecular weight excluding hydrogens is 316 g/mol. The molecule has 2 aliphatic rings. The van der Waals surface area contributed by atoms with E-state index < -0.39 is 0 Å². The van der Waals surface area contributed by atoms with Gasteiger partial charge >= 0.3 is 0 Å². The van der Waals surface area contributed by atoms with Crippen LogP contribution in [-0.4, -0.2) is 46.6 Å². The summed E-state index contributed by atoms with van der Waals surface area (Å²) in [7, 11) is 0. The Balaban J connectivity index is 1.84. The lowest BCUT2D eigenvalue weighted by molar-refractivity contribution is 0.202. The highest BCUT2D eigenvalue weighted by Crippen LogP contribution is 2.28. The van der Waals surface area contributed by atoms with E-state index in [1.807, 2.05) is 0 Å². The standard InChI is InChI=1S/C15H23BrN4/c1-3-5-14-17-13(16)8-15(18-14)20-10-12-6-4-7-19(12)9-11(20)2/h8,11-12H,3-7,9-10H2,1-2H3. The fourth-order valence-electron chi connectivity index (χ4n) is 3.44. The monoisotopic (exact) mass is 338 g/mol. The summed E-state index contributed by atoms with van der Waals surface area (Å²) in [6, 6.07) is 3.32. The lowest BCUT2D eigenvalue weighted by atomic mass is 10.1. The number of anilines is 1. The van der Waals surface area contributed by atoms with Crippen molar-refractivity contribution >= 4 is 21.7 Å². The maximum absolute atomic E-state index is 4.78. The first-order chi connectivity index (χ1) is 9.67. The zero-order valence-electron chi connectivity index (χ0n) is 12.3. The number of rotatable bonds is 3. The molecule has 2 aliphatic heterocycles. The van der Waals surface area contributed by atoms with Crippen LogP contribution in [0.5, 0.6) is 0 Å². The van der Waals surface area contributed by atoms with Crippen molar-refractivity contribution in [2.24, 2.45) is 0 Å². The Hall–Kier alpha value is -0.680. The summed E-state index contributed by atoms with van der Waals surface area (Å²) in [6.07, 6.45) is 4.71. The SMILES string of the molecule is CCCc1nc(Br)cc(N2CC3CCCN3CC2C)n1. The molecule has 0 aliphatic carbocycles. The van der Waals surface area contributed by atoms with E-state index in [1.54, 1.807) is 0 Å². The van der Waals surface area contributed by atoms with Gasteiger partial charge in [-0.25, -0.2) is 9.97 Å². The van der Waals surface area contributed by atoms with E-state index in [2.05, 4.69) is 50.6 Å². The van der Waals surface area contributed by atoms with Gasteiger partial charge in [-0.15, -0.1) is 0 Å². The van der Waals surface area contributed by atoms with Crippen LogP contribution in [0, 0.1) is 0 Å². The van der Waals surface area contributed by atoms with Gasteiger partial charge in [0.2, 0.25) is 0 Å². The molecular formula is C15H23BrN4. The molecule has 0 saturated carbocycles. The van der Waals surface area contributed by atoms with Gasteiger partial charge in [0.15, 0.2) is 0 Å². The lowest BCUT2D eigenvalue weighted by Crippen LogP contribution is -2.55.